The van der Waals surface area contributed by atoms with E-state index in [2.05, 4.69) is 14.8 Å². The van der Waals surface area contributed by atoms with Crippen LogP contribution in [0.2, 0.25) is 0 Å². The second-order valence-corrected chi connectivity index (χ2v) is 6.21. The van der Waals surface area contributed by atoms with Gasteiger partial charge in [0.15, 0.2) is 5.82 Å². The lowest BCUT2D eigenvalue weighted by molar-refractivity contribution is -0.274. The van der Waals surface area contributed by atoms with Gasteiger partial charge in [-0.2, -0.15) is 0 Å². The Morgan fingerprint density at radius 1 is 1.10 bits per heavy atom. The molecular weight excluding hydrogens is 399 g/mol. The Morgan fingerprint density at radius 3 is 2.37 bits per heavy atom. The number of carbonyl (C=O) groups excluding carboxylic acids is 1. The number of alkyl halides is 3. The number of halogens is 3. The summed E-state index contributed by atoms with van der Waals surface area (Å²) in [4.78, 5) is 15.8. The van der Waals surface area contributed by atoms with Gasteiger partial charge in [-0.05, 0) is 49.2 Å². The SMILES string of the molecule is CCOC(=O)C=C(C)c1ccc(-c2ncn(-c3ccc(OC(F)(F)F)cc3)n2)cc1. The molecule has 3 rings (SSSR count). The van der Waals surface area contributed by atoms with Crippen molar-refractivity contribution in [2.45, 2.75) is 20.2 Å². The molecule has 1 aromatic heterocycles. The molecule has 3 aromatic rings. The van der Waals surface area contributed by atoms with Crippen LogP contribution in [0.3, 0.4) is 0 Å². The minimum atomic E-state index is -4.74. The van der Waals surface area contributed by atoms with Crippen LogP contribution in [0.15, 0.2) is 60.9 Å². The molecule has 0 aliphatic rings. The average Bonchev–Trinajstić information content (AvgIpc) is 3.18. The van der Waals surface area contributed by atoms with E-state index in [0.717, 1.165) is 16.7 Å². The van der Waals surface area contributed by atoms with E-state index in [1.807, 2.05) is 31.2 Å². The number of aromatic nitrogens is 3. The van der Waals surface area contributed by atoms with Crippen LogP contribution in [0.5, 0.6) is 5.75 Å². The molecular formula is C21H18F3N3O3. The van der Waals surface area contributed by atoms with Crippen LogP contribution in [-0.2, 0) is 9.53 Å². The molecule has 0 bridgehead atoms. The molecule has 0 saturated carbocycles. The van der Waals surface area contributed by atoms with Gasteiger partial charge < -0.3 is 9.47 Å². The van der Waals surface area contributed by atoms with Gasteiger partial charge in [-0.25, -0.2) is 14.5 Å². The van der Waals surface area contributed by atoms with Crippen molar-refractivity contribution in [1.82, 2.24) is 14.8 Å². The van der Waals surface area contributed by atoms with Crippen molar-refractivity contribution < 1.29 is 27.4 Å². The summed E-state index contributed by atoms with van der Waals surface area (Å²) in [5.41, 5.74) is 2.90. The third kappa shape index (κ3) is 5.47. The van der Waals surface area contributed by atoms with E-state index >= 15 is 0 Å². The summed E-state index contributed by atoms with van der Waals surface area (Å²) in [5.74, 6) is -0.260. The number of rotatable bonds is 6. The molecule has 0 N–H and O–H groups in total. The zero-order chi connectivity index (χ0) is 21.7. The van der Waals surface area contributed by atoms with E-state index in [1.54, 1.807) is 6.92 Å². The summed E-state index contributed by atoms with van der Waals surface area (Å²) in [6.07, 6.45) is -1.84. The van der Waals surface area contributed by atoms with Crippen molar-refractivity contribution in [1.29, 1.82) is 0 Å². The number of hydrogen-bond donors (Lipinski definition) is 0. The first-order valence-electron chi connectivity index (χ1n) is 8.99. The maximum atomic E-state index is 12.3. The Balaban J connectivity index is 1.74. The Morgan fingerprint density at radius 2 is 1.77 bits per heavy atom. The van der Waals surface area contributed by atoms with Crippen LogP contribution < -0.4 is 4.74 Å². The summed E-state index contributed by atoms with van der Waals surface area (Å²) >= 11 is 0. The highest BCUT2D eigenvalue weighted by Gasteiger charge is 2.31. The molecule has 0 radical (unpaired) electrons. The molecule has 0 atom stereocenters. The van der Waals surface area contributed by atoms with Crippen LogP contribution in [0.4, 0.5) is 13.2 Å². The highest BCUT2D eigenvalue weighted by molar-refractivity contribution is 5.91. The average molecular weight is 417 g/mol. The van der Waals surface area contributed by atoms with E-state index in [0.29, 0.717) is 18.1 Å². The fourth-order valence-corrected chi connectivity index (χ4v) is 2.65. The van der Waals surface area contributed by atoms with Crippen molar-refractivity contribution in [3.8, 4) is 22.8 Å². The summed E-state index contributed by atoms with van der Waals surface area (Å²) in [6.45, 7) is 3.87. The molecule has 1 heterocycles. The maximum absolute atomic E-state index is 12.3. The van der Waals surface area contributed by atoms with E-state index in [4.69, 9.17) is 4.74 Å². The Kier molecular flexibility index (Phi) is 6.20. The first-order valence-corrected chi connectivity index (χ1v) is 8.99. The Hall–Kier alpha value is -3.62. The van der Waals surface area contributed by atoms with Crippen molar-refractivity contribution in [2.24, 2.45) is 0 Å². The standard InChI is InChI=1S/C21H18F3N3O3/c1-3-29-19(28)12-14(2)15-4-6-16(7-5-15)20-25-13-27(26-20)17-8-10-18(11-9-17)30-21(22,23)24/h4-13H,3H2,1-2H3. The van der Waals surface area contributed by atoms with Crippen LogP contribution in [0.1, 0.15) is 19.4 Å². The van der Waals surface area contributed by atoms with E-state index in [1.165, 1.54) is 41.4 Å². The van der Waals surface area contributed by atoms with Gasteiger partial charge in [-0.1, -0.05) is 24.3 Å². The Bertz CT molecular complexity index is 1040. The summed E-state index contributed by atoms with van der Waals surface area (Å²) in [6, 6.07) is 12.6. The van der Waals surface area contributed by atoms with Crippen molar-refractivity contribution in [3.63, 3.8) is 0 Å². The van der Waals surface area contributed by atoms with Crippen LogP contribution in [0, 0.1) is 0 Å². The monoisotopic (exact) mass is 417 g/mol. The van der Waals surface area contributed by atoms with E-state index < -0.39 is 12.3 Å². The largest absolute Gasteiger partial charge is 0.573 e. The molecule has 0 spiro atoms. The molecule has 0 unspecified atom stereocenters. The summed E-state index contributed by atoms with van der Waals surface area (Å²) in [5, 5.41) is 4.36. The molecule has 156 valence electrons. The molecule has 9 heteroatoms. The minimum Gasteiger partial charge on any atom is -0.463 e. The second kappa shape index (κ2) is 8.81. The molecule has 2 aromatic carbocycles. The number of carbonyl (C=O) groups is 1. The lowest BCUT2D eigenvalue weighted by Gasteiger charge is -2.09. The molecule has 6 nitrogen and oxygen atoms in total. The van der Waals surface area contributed by atoms with E-state index in [9.17, 15) is 18.0 Å². The quantitative estimate of drug-likeness (QED) is 0.426. The zero-order valence-corrected chi connectivity index (χ0v) is 16.2. The second-order valence-electron chi connectivity index (χ2n) is 6.21. The fourth-order valence-electron chi connectivity index (χ4n) is 2.65. The van der Waals surface area contributed by atoms with Gasteiger partial charge in [0.25, 0.3) is 0 Å². The third-order valence-corrected chi connectivity index (χ3v) is 4.05. The number of hydrogen-bond acceptors (Lipinski definition) is 5. The molecule has 0 aliphatic heterocycles. The lowest BCUT2D eigenvalue weighted by atomic mass is 10.0. The molecule has 0 aliphatic carbocycles. The van der Waals surface area contributed by atoms with Crippen LogP contribution >= 0.6 is 0 Å². The molecule has 0 fully saturated rings. The van der Waals surface area contributed by atoms with Gasteiger partial charge in [0, 0.05) is 11.6 Å². The number of ether oxygens (including phenoxy) is 2. The predicted octanol–water partition coefficient (Wildman–Crippen LogP) is 4.80. The number of benzene rings is 2. The van der Waals surface area contributed by atoms with Gasteiger partial charge in [0.1, 0.15) is 12.1 Å². The van der Waals surface area contributed by atoms with Gasteiger partial charge >= 0.3 is 12.3 Å². The first-order chi connectivity index (χ1) is 14.2. The summed E-state index contributed by atoms with van der Waals surface area (Å²) < 4.78 is 47.0. The van der Waals surface area contributed by atoms with E-state index in [-0.39, 0.29) is 5.75 Å². The first kappa shape index (κ1) is 21.1. The highest BCUT2D eigenvalue weighted by atomic mass is 19.4. The van der Waals surface area contributed by atoms with Crippen molar-refractivity contribution in [2.75, 3.05) is 6.61 Å². The number of allylic oxidation sites excluding steroid dienone is 1. The normalized spacial score (nSPS) is 12.0. The highest BCUT2D eigenvalue weighted by Crippen LogP contribution is 2.24. The smallest absolute Gasteiger partial charge is 0.463 e. The summed E-state index contributed by atoms with van der Waals surface area (Å²) in [7, 11) is 0. The lowest BCUT2D eigenvalue weighted by Crippen LogP contribution is -2.17. The third-order valence-electron chi connectivity index (χ3n) is 4.05. The van der Waals surface area contributed by atoms with Gasteiger partial charge in [0.05, 0.1) is 12.3 Å². The van der Waals surface area contributed by atoms with Crippen LogP contribution in [-0.4, -0.2) is 33.7 Å². The molecule has 30 heavy (non-hydrogen) atoms. The van der Waals surface area contributed by atoms with Gasteiger partial charge in [-0.15, -0.1) is 18.3 Å². The number of esters is 1. The maximum Gasteiger partial charge on any atom is 0.573 e. The Labute approximate surface area is 170 Å². The van der Waals surface area contributed by atoms with Gasteiger partial charge in [0.2, 0.25) is 0 Å². The zero-order valence-electron chi connectivity index (χ0n) is 16.2. The minimum absolute atomic E-state index is 0.312. The van der Waals surface area contributed by atoms with Crippen LogP contribution in [0.25, 0.3) is 22.6 Å². The van der Waals surface area contributed by atoms with Gasteiger partial charge in [-0.3, -0.25) is 0 Å². The van der Waals surface area contributed by atoms with Crippen molar-refractivity contribution in [3.05, 3.63) is 66.5 Å². The fraction of sp³-hybridized carbons (Fsp3) is 0.190. The van der Waals surface area contributed by atoms with Crippen molar-refractivity contribution >= 4 is 11.5 Å². The topological polar surface area (TPSA) is 66.2 Å². The molecule has 0 saturated heterocycles. The number of nitrogens with zero attached hydrogens (tertiary/aromatic N) is 3. The molecule has 0 amide bonds. The predicted molar refractivity (Wildman–Crippen MR) is 104 cm³/mol.